The predicted octanol–water partition coefficient (Wildman–Crippen LogP) is 5.56. The number of ether oxygens (including phenoxy) is 2. The van der Waals surface area contributed by atoms with Crippen LogP contribution >= 0.6 is 23.2 Å². The van der Waals surface area contributed by atoms with Crippen LogP contribution in [0.25, 0.3) is 6.08 Å². The smallest absolute Gasteiger partial charge is 0.316 e. The van der Waals surface area contributed by atoms with Crippen LogP contribution in [0.5, 0.6) is 11.5 Å². The fourth-order valence-electron chi connectivity index (χ4n) is 2.25. The van der Waals surface area contributed by atoms with Gasteiger partial charge in [0.15, 0.2) is 5.76 Å². The van der Waals surface area contributed by atoms with Gasteiger partial charge in [0.2, 0.25) is 5.78 Å². The topological polar surface area (TPSA) is 52.6 Å². The van der Waals surface area contributed by atoms with Crippen molar-refractivity contribution in [1.82, 2.24) is 0 Å². The second kappa shape index (κ2) is 6.78. The number of hydrogen-bond acceptors (Lipinski definition) is 4. The Labute approximate surface area is 161 Å². The number of benzene rings is 2. The third-order valence-electron chi connectivity index (χ3n) is 3.71. The molecule has 2 aromatic rings. The van der Waals surface area contributed by atoms with Crippen molar-refractivity contribution >= 4 is 41.0 Å². The van der Waals surface area contributed by atoms with Crippen LogP contribution in [0, 0.1) is 5.41 Å². The van der Waals surface area contributed by atoms with E-state index in [2.05, 4.69) is 0 Å². The van der Waals surface area contributed by atoms with Crippen molar-refractivity contribution in [3.05, 3.63) is 63.3 Å². The van der Waals surface area contributed by atoms with Crippen molar-refractivity contribution in [1.29, 1.82) is 0 Å². The van der Waals surface area contributed by atoms with Crippen LogP contribution in [-0.4, -0.2) is 11.8 Å². The van der Waals surface area contributed by atoms with Gasteiger partial charge in [-0.3, -0.25) is 9.59 Å². The molecule has 4 nitrogen and oxygen atoms in total. The standard InChI is InChI=1S/C20H16Cl2O4/c1-20(2,3)19(24)25-13-6-7-14-16(10-13)26-17(18(14)23)8-11-4-5-12(21)9-15(11)22/h4-10H,1-3H3. The van der Waals surface area contributed by atoms with Crippen molar-refractivity contribution in [2.24, 2.45) is 5.41 Å². The minimum atomic E-state index is -0.633. The summed E-state index contributed by atoms with van der Waals surface area (Å²) in [7, 11) is 0. The Kier molecular flexibility index (Phi) is 4.82. The van der Waals surface area contributed by atoms with Crippen molar-refractivity contribution in [3.8, 4) is 11.5 Å². The Hall–Kier alpha value is -2.30. The van der Waals surface area contributed by atoms with Crippen LogP contribution in [0.3, 0.4) is 0 Å². The van der Waals surface area contributed by atoms with Crippen molar-refractivity contribution in [2.75, 3.05) is 0 Å². The summed E-state index contributed by atoms with van der Waals surface area (Å²) < 4.78 is 11.0. The summed E-state index contributed by atoms with van der Waals surface area (Å²) >= 11 is 12.0. The molecule has 0 unspecified atom stereocenters. The maximum Gasteiger partial charge on any atom is 0.316 e. The zero-order chi connectivity index (χ0) is 19.1. The molecule has 0 spiro atoms. The molecule has 26 heavy (non-hydrogen) atoms. The van der Waals surface area contributed by atoms with E-state index in [9.17, 15) is 9.59 Å². The maximum atomic E-state index is 12.5. The molecule has 1 aliphatic heterocycles. The molecule has 3 rings (SSSR count). The molecular weight excluding hydrogens is 375 g/mol. The normalized spacial score (nSPS) is 15.0. The number of ketones is 1. The molecule has 0 fully saturated rings. The van der Waals surface area contributed by atoms with Gasteiger partial charge in [0.05, 0.1) is 11.0 Å². The molecule has 2 aromatic carbocycles. The fraction of sp³-hybridized carbons (Fsp3) is 0.200. The lowest BCUT2D eigenvalue weighted by molar-refractivity contribution is -0.143. The largest absolute Gasteiger partial charge is 0.452 e. The molecule has 0 amide bonds. The lowest BCUT2D eigenvalue weighted by Gasteiger charge is -2.16. The van der Waals surface area contributed by atoms with Crippen LogP contribution in [0.4, 0.5) is 0 Å². The molecule has 0 bridgehead atoms. The second-order valence-electron chi connectivity index (χ2n) is 6.90. The summed E-state index contributed by atoms with van der Waals surface area (Å²) in [6, 6.07) is 9.65. The molecule has 6 heteroatoms. The number of carbonyl (C=O) groups excluding carboxylic acids is 2. The number of halogens is 2. The highest BCUT2D eigenvalue weighted by Crippen LogP contribution is 2.36. The average Bonchev–Trinajstić information content (AvgIpc) is 2.85. The highest BCUT2D eigenvalue weighted by atomic mass is 35.5. The lowest BCUT2D eigenvalue weighted by atomic mass is 9.97. The Morgan fingerprint density at radius 1 is 1.12 bits per heavy atom. The summed E-state index contributed by atoms with van der Waals surface area (Å²) in [4.78, 5) is 24.5. The van der Waals surface area contributed by atoms with Gasteiger partial charge in [0.25, 0.3) is 0 Å². The first kappa shape index (κ1) is 18.5. The number of esters is 1. The Bertz CT molecular complexity index is 939. The van der Waals surface area contributed by atoms with E-state index in [0.29, 0.717) is 32.7 Å². The van der Waals surface area contributed by atoms with E-state index in [1.807, 2.05) is 0 Å². The van der Waals surface area contributed by atoms with Crippen LogP contribution < -0.4 is 9.47 Å². The van der Waals surface area contributed by atoms with E-state index >= 15 is 0 Å². The van der Waals surface area contributed by atoms with E-state index in [4.69, 9.17) is 32.7 Å². The van der Waals surface area contributed by atoms with E-state index in [0.717, 1.165) is 0 Å². The van der Waals surface area contributed by atoms with Crippen LogP contribution in [0.2, 0.25) is 10.0 Å². The van der Waals surface area contributed by atoms with Gasteiger partial charge in [0, 0.05) is 16.1 Å². The van der Waals surface area contributed by atoms with Crippen molar-refractivity contribution < 1.29 is 19.1 Å². The summed E-state index contributed by atoms with van der Waals surface area (Å²) in [5, 5.41) is 0.918. The minimum absolute atomic E-state index is 0.142. The number of hydrogen-bond donors (Lipinski definition) is 0. The molecule has 134 valence electrons. The average molecular weight is 391 g/mol. The first-order valence-corrected chi connectivity index (χ1v) is 8.66. The number of carbonyl (C=O) groups is 2. The fourth-order valence-corrected chi connectivity index (χ4v) is 2.71. The van der Waals surface area contributed by atoms with Gasteiger partial charge in [-0.25, -0.2) is 0 Å². The molecule has 0 saturated heterocycles. The first-order chi connectivity index (χ1) is 12.1. The van der Waals surface area contributed by atoms with Gasteiger partial charge in [-0.05, 0) is 56.7 Å². The van der Waals surface area contributed by atoms with Gasteiger partial charge in [-0.2, -0.15) is 0 Å². The maximum absolute atomic E-state index is 12.5. The zero-order valence-corrected chi connectivity index (χ0v) is 15.9. The van der Waals surface area contributed by atoms with Crippen LogP contribution in [0.1, 0.15) is 36.7 Å². The van der Waals surface area contributed by atoms with Gasteiger partial charge in [-0.15, -0.1) is 0 Å². The number of allylic oxidation sites excluding steroid dienone is 1. The van der Waals surface area contributed by atoms with E-state index in [1.165, 1.54) is 6.07 Å². The number of rotatable bonds is 2. The molecule has 0 radical (unpaired) electrons. The lowest BCUT2D eigenvalue weighted by Crippen LogP contribution is -2.25. The van der Waals surface area contributed by atoms with E-state index < -0.39 is 5.41 Å². The monoisotopic (exact) mass is 390 g/mol. The first-order valence-electron chi connectivity index (χ1n) is 7.91. The van der Waals surface area contributed by atoms with E-state index in [-0.39, 0.29) is 17.5 Å². The summed E-state index contributed by atoms with van der Waals surface area (Å²) in [6.45, 7) is 5.29. The molecule has 0 atom stereocenters. The molecule has 1 aliphatic rings. The minimum Gasteiger partial charge on any atom is -0.452 e. The SMILES string of the molecule is CC(C)(C)C(=O)Oc1ccc2c(c1)OC(=Cc1ccc(Cl)cc1Cl)C2=O. The highest BCUT2D eigenvalue weighted by Gasteiger charge is 2.29. The summed E-state index contributed by atoms with van der Waals surface area (Å²) in [6.07, 6.45) is 1.56. The quantitative estimate of drug-likeness (QED) is 0.382. The van der Waals surface area contributed by atoms with Gasteiger partial charge >= 0.3 is 5.97 Å². The molecule has 0 saturated carbocycles. The summed E-state index contributed by atoms with van der Waals surface area (Å²) in [5.74, 6) is 0.168. The van der Waals surface area contributed by atoms with Crippen LogP contribution in [-0.2, 0) is 4.79 Å². The Balaban J connectivity index is 1.87. The molecular formula is C20H16Cl2O4. The summed E-state index contributed by atoms with van der Waals surface area (Å²) in [5.41, 5.74) is 0.384. The van der Waals surface area contributed by atoms with Gasteiger partial charge in [0.1, 0.15) is 11.5 Å². The molecule has 1 heterocycles. The Morgan fingerprint density at radius 2 is 1.85 bits per heavy atom. The van der Waals surface area contributed by atoms with Crippen molar-refractivity contribution in [3.63, 3.8) is 0 Å². The zero-order valence-electron chi connectivity index (χ0n) is 14.4. The Morgan fingerprint density at radius 3 is 2.50 bits per heavy atom. The molecule has 0 aromatic heterocycles. The second-order valence-corrected chi connectivity index (χ2v) is 7.75. The predicted molar refractivity (Wildman–Crippen MR) is 101 cm³/mol. The number of Topliss-reactive ketones (excluding diaryl/α,β-unsaturated/α-hetero) is 1. The molecule has 0 aliphatic carbocycles. The van der Waals surface area contributed by atoms with E-state index in [1.54, 1.807) is 57.2 Å². The van der Waals surface area contributed by atoms with Gasteiger partial charge in [-0.1, -0.05) is 29.3 Å². The van der Waals surface area contributed by atoms with Gasteiger partial charge < -0.3 is 9.47 Å². The third kappa shape index (κ3) is 3.76. The highest BCUT2D eigenvalue weighted by molar-refractivity contribution is 6.35. The van der Waals surface area contributed by atoms with Crippen LogP contribution in [0.15, 0.2) is 42.2 Å². The van der Waals surface area contributed by atoms with Crippen molar-refractivity contribution in [2.45, 2.75) is 20.8 Å². The number of fused-ring (bicyclic) bond motifs is 1. The molecule has 0 N–H and O–H groups in total. The third-order valence-corrected chi connectivity index (χ3v) is 4.28.